The average molecular weight is 817 g/mol. The molecule has 0 spiro atoms. The zero-order chi connectivity index (χ0) is 39.4. The molecule has 0 radical (unpaired) electrons. The standard InChI is InChI=1S/C36H38FN4O11PS2/c1-41(15-17-2-5-19(6-3-17)28-21-8-10-38-33(46)22-13-20(37)14-24(40-28)27(21)22)36(49)50-16-18-4-7-25(23(12-18)39-26(42)9-11-54-55-53)51-35-31(45)29(43)30(44)32(52-35)34(47)48/h2-7,12-14,29-32,35,40,43-45H,8-11,15-16,53H2,1H3,(H,38,46)(H,39,42)(H,47,48)/t29-,30-,31+,32-,35+/m0/s1. The summed E-state index contributed by atoms with van der Waals surface area (Å²) in [5.41, 5.74) is 4.71. The van der Waals surface area contributed by atoms with Crippen LogP contribution < -0.4 is 15.4 Å². The lowest BCUT2D eigenvalue weighted by atomic mass is 9.99. The third-order valence-corrected chi connectivity index (χ3v) is 11.7. The summed E-state index contributed by atoms with van der Waals surface area (Å²) in [5.74, 6) is -2.35. The number of H-pyrrole nitrogens is 1. The smallest absolute Gasteiger partial charge is 0.410 e. The van der Waals surface area contributed by atoms with E-state index in [4.69, 9.17) is 14.2 Å². The molecular weight excluding hydrogens is 779 g/mol. The molecule has 3 aromatic carbocycles. The number of rotatable bonds is 13. The first kappa shape index (κ1) is 40.2. The number of carboxylic acid groups (broad SMARTS) is 1. The van der Waals surface area contributed by atoms with Crippen molar-refractivity contribution in [2.45, 2.75) is 56.7 Å². The number of amides is 3. The van der Waals surface area contributed by atoms with Crippen LogP contribution in [-0.4, -0.2) is 104 Å². The van der Waals surface area contributed by atoms with E-state index in [2.05, 4.69) is 24.1 Å². The van der Waals surface area contributed by atoms with E-state index < -0.39 is 48.6 Å². The molecule has 1 saturated heterocycles. The molecule has 292 valence electrons. The lowest BCUT2D eigenvalue weighted by Gasteiger charge is -2.38. The van der Waals surface area contributed by atoms with Crippen molar-refractivity contribution in [2.75, 3.05) is 24.7 Å². The maximum atomic E-state index is 14.3. The highest BCUT2D eigenvalue weighted by atomic mass is 33.3. The summed E-state index contributed by atoms with van der Waals surface area (Å²) >= 11 is 0. The number of hydrogen-bond acceptors (Lipinski definition) is 12. The van der Waals surface area contributed by atoms with Crippen molar-refractivity contribution in [3.63, 3.8) is 0 Å². The van der Waals surface area contributed by atoms with Gasteiger partial charge in [0.25, 0.3) is 5.91 Å². The molecule has 19 heteroatoms. The monoisotopic (exact) mass is 816 g/mol. The second kappa shape index (κ2) is 17.6. The molecule has 1 unspecified atom stereocenters. The van der Waals surface area contributed by atoms with Crippen LogP contribution in [0.25, 0.3) is 22.2 Å². The number of nitrogens with zero attached hydrogens (tertiary/aromatic N) is 1. The number of ether oxygens (including phenoxy) is 3. The maximum Gasteiger partial charge on any atom is 0.410 e. The van der Waals surface area contributed by atoms with Gasteiger partial charge < -0.3 is 55.2 Å². The molecule has 0 aliphatic carbocycles. The number of aliphatic hydroxyl groups excluding tert-OH is 3. The molecule has 3 heterocycles. The molecule has 7 N–H and O–H groups in total. The zero-order valence-corrected chi connectivity index (χ0v) is 32.0. The lowest BCUT2D eigenvalue weighted by molar-refractivity contribution is -0.271. The van der Waals surface area contributed by atoms with Gasteiger partial charge in [0.15, 0.2) is 6.10 Å². The molecule has 15 nitrogen and oxygen atoms in total. The summed E-state index contributed by atoms with van der Waals surface area (Å²) in [6.07, 6.45) is -9.18. The van der Waals surface area contributed by atoms with Crippen molar-refractivity contribution < 1.29 is 58.2 Å². The van der Waals surface area contributed by atoms with Crippen LogP contribution in [-0.2, 0) is 38.6 Å². The predicted octanol–water partition coefficient (Wildman–Crippen LogP) is 3.80. The number of carbonyl (C=O) groups is 4. The first-order valence-electron chi connectivity index (χ1n) is 16.9. The number of halogens is 1. The van der Waals surface area contributed by atoms with E-state index >= 15 is 0 Å². The number of nitrogens with one attached hydrogen (secondary N) is 3. The van der Waals surface area contributed by atoms with Crippen LogP contribution in [0.15, 0.2) is 54.6 Å². The van der Waals surface area contributed by atoms with Gasteiger partial charge in [-0.3, -0.25) is 9.59 Å². The minimum absolute atomic E-state index is 0.0427. The van der Waals surface area contributed by atoms with Gasteiger partial charge in [-0.2, -0.15) is 0 Å². The van der Waals surface area contributed by atoms with Gasteiger partial charge in [-0.15, -0.1) is 0 Å². The molecular formula is C36H38FN4O11PS2. The number of aromatic amines is 1. The number of aliphatic hydroxyl groups is 3. The SMILES string of the molecule is CN(Cc1ccc(-c2[nH]c3cc(F)cc4c3c2CCNC4=O)cc1)C(=O)OCc1ccc(O[C@@H]2O[C@H](C(=O)O)[C@@H](O)[C@H](O)[C@H]2O)c(NC(=O)CCSSP)c1. The highest BCUT2D eigenvalue weighted by molar-refractivity contribution is 8.94. The summed E-state index contributed by atoms with van der Waals surface area (Å²) in [6, 6.07) is 14.5. The van der Waals surface area contributed by atoms with E-state index in [9.17, 15) is 44.0 Å². The van der Waals surface area contributed by atoms with Crippen molar-refractivity contribution in [3.8, 4) is 17.0 Å². The van der Waals surface area contributed by atoms with Crippen molar-refractivity contribution in [1.29, 1.82) is 0 Å². The lowest BCUT2D eigenvalue weighted by Crippen LogP contribution is -2.61. The van der Waals surface area contributed by atoms with Gasteiger partial charge >= 0.3 is 12.1 Å². The third kappa shape index (κ3) is 9.18. The molecule has 1 aromatic heterocycles. The summed E-state index contributed by atoms with van der Waals surface area (Å²) in [4.78, 5) is 54.6. The number of aromatic nitrogens is 1. The molecule has 6 atom stereocenters. The van der Waals surface area contributed by atoms with Crippen molar-refractivity contribution in [1.82, 2.24) is 15.2 Å². The molecule has 55 heavy (non-hydrogen) atoms. The number of benzene rings is 3. The number of hydrogen-bond donors (Lipinski definition) is 7. The molecule has 3 amide bonds. The van der Waals surface area contributed by atoms with E-state index in [1.54, 1.807) is 7.05 Å². The quantitative estimate of drug-likeness (QED) is 0.0581. The van der Waals surface area contributed by atoms with Gasteiger partial charge in [0.2, 0.25) is 12.2 Å². The Hall–Kier alpha value is -4.42. The summed E-state index contributed by atoms with van der Waals surface area (Å²) < 4.78 is 30.8. The number of aliphatic carboxylic acids is 1. The van der Waals surface area contributed by atoms with E-state index in [0.717, 1.165) is 22.4 Å². The van der Waals surface area contributed by atoms with Gasteiger partial charge in [0.1, 0.15) is 36.5 Å². The molecule has 2 aliphatic heterocycles. The van der Waals surface area contributed by atoms with Crippen molar-refractivity contribution in [2.24, 2.45) is 0 Å². The first-order chi connectivity index (χ1) is 26.3. The minimum Gasteiger partial charge on any atom is -0.479 e. The molecule has 4 aromatic rings. The van der Waals surface area contributed by atoms with E-state index in [-0.39, 0.29) is 42.8 Å². The highest BCUT2D eigenvalue weighted by Crippen LogP contribution is 2.36. The summed E-state index contributed by atoms with van der Waals surface area (Å²) in [5, 5.41) is 46.3. The van der Waals surface area contributed by atoms with E-state index in [1.807, 2.05) is 24.3 Å². The Morgan fingerprint density at radius 1 is 1.05 bits per heavy atom. The first-order valence-corrected chi connectivity index (χ1v) is 20.7. The van der Waals surface area contributed by atoms with Gasteiger partial charge in [-0.05, 0) is 52.9 Å². The van der Waals surface area contributed by atoms with E-state index in [0.29, 0.717) is 40.7 Å². The Morgan fingerprint density at radius 2 is 1.80 bits per heavy atom. The molecule has 6 rings (SSSR count). The topological polar surface area (TPSA) is 220 Å². The normalized spacial score (nSPS) is 20.7. The molecule has 2 aliphatic rings. The fraction of sp³-hybridized carbons (Fsp3) is 0.333. The van der Waals surface area contributed by atoms with Crippen LogP contribution in [0.4, 0.5) is 14.9 Å². The summed E-state index contributed by atoms with van der Waals surface area (Å²) in [6.45, 7) is 0.410. The van der Waals surface area contributed by atoms with Crippen LogP contribution in [0.5, 0.6) is 5.75 Å². The van der Waals surface area contributed by atoms with Gasteiger partial charge in [-0.1, -0.05) is 60.0 Å². The Bertz CT molecular complexity index is 2090. The number of carboxylic acids is 1. The molecule has 0 saturated carbocycles. The second-order valence-corrected chi connectivity index (χ2v) is 16.7. The van der Waals surface area contributed by atoms with Gasteiger partial charge in [-0.25, -0.2) is 14.0 Å². The van der Waals surface area contributed by atoms with Crippen molar-refractivity contribution in [3.05, 3.63) is 82.7 Å². The summed E-state index contributed by atoms with van der Waals surface area (Å²) in [7, 11) is 6.90. The second-order valence-electron chi connectivity index (χ2n) is 12.9. The zero-order valence-electron chi connectivity index (χ0n) is 29.2. The van der Waals surface area contributed by atoms with Crippen LogP contribution in [0.1, 0.15) is 33.5 Å². The fourth-order valence-electron chi connectivity index (χ4n) is 6.34. The fourth-order valence-corrected chi connectivity index (χ4v) is 8.11. The number of anilines is 1. The largest absolute Gasteiger partial charge is 0.479 e. The third-order valence-electron chi connectivity index (χ3n) is 9.06. The number of carbonyl (C=O) groups excluding carboxylic acids is 3. The Morgan fingerprint density at radius 3 is 2.53 bits per heavy atom. The van der Waals surface area contributed by atoms with Gasteiger partial charge in [0, 0.05) is 48.9 Å². The van der Waals surface area contributed by atoms with E-state index in [1.165, 1.54) is 56.4 Å². The molecule has 0 bridgehead atoms. The van der Waals surface area contributed by atoms with Gasteiger partial charge in [0.05, 0.1) is 11.3 Å². The highest BCUT2D eigenvalue weighted by Gasteiger charge is 2.48. The Labute approximate surface area is 323 Å². The van der Waals surface area contributed by atoms with Crippen LogP contribution in [0, 0.1) is 5.82 Å². The average Bonchev–Trinajstić information content (AvgIpc) is 3.43. The maximum absolute atomic E-state index is 14.3. The minimum atomic E-state index is -1.91. The Balaban J connectivity index is 1.12. The van der Waals surface area contributed by atoms with Crippen LogP contribution in [0.3, 0.4) is 0 Å². The Kier molecular flexibility index (Phi) is 12.9. The predicted molar refractivity (Wildman–Crippen MR) is 206 cm³/mol. The van der Waals surface area contributed by atoms with Crippen molar-refractivity contribution >= 4 is 70.1 Å². The van der Waals surface area contributed by atoms with Crippen LogP contribution in [0.2, 0.25) is 0 Å². The van der Waals surface area contributed by atoms with Crippen LogP contribution >= 0.6 is 29.6 Å². The molecule has 1 fully saturated rings.